The van der Waals surface area contributed by atoms with Gasteiger partial charge in [0.2, 0.25) is 0 Å². The number of hydrogen-bond donors (Lipinski definition) is 1. The molecule has 1 heterocycles. The van der Waals surface area contributed by atoms with Crippen molar-refractivity contribution in [1.29, 1.82) is 0 Å². The fraction of sp³-hybridized carbons (Fsp3) is 0.182. The standard InChI is InChI=1S/C11H10N2O4S/c14-6-8-1-2-10(9(5-8)13(15)16)17-7-11-12-3-4-18-11/h1-5,14H,6-7H2. The molecule has 0 spiro atoms. The van der Waals surface area contributed by atoms with Gasteiger partial charge in [-0.2, -0.15) is 0 Å². The van der Waals surface area contributed by atoms with Gasteiger partial charge < -0.3 is 9.84 Å². The number of benzene rings is 1. The summed E-state index contributed by atoms with van der Waals surface area (Å²) in [6.45, 7) is -0.0510. The fourth-order valence-electron chi connectivity index (χ4n) is 1.39. The van der Waals surface area contributed by atoms with Crippen LogP contribution >= 0.6 is 11.3 Å². The minimum atomic E-state index is -0.531. The van der Waals surface area contributed by atoms with E-state index in [1.165, 1.54) is 23.5 Å². The second-order valence-electron chi connectivity index (χ2n) is 3.43. The van der Waals surface area contributed by atoms with E-state index in [0.717, 1.165) is 5.01 Å². The molecule has 1 aromatic heterocycles. The number of thiazole rings is 1. The van der Waals surface area contributed by atoms with Crippen LogP contribution in [0, 0.1) is 10.1 Å². The van der Waals surface area contributed by atoms with E-state index in [4.69, 9.17) is 9.84 Å². The summed E-state index contributed by atoms with van der Waals surface area (Å²) >= 11 is 1.42. The van der Waals surface area contributed by atoms with E-state index in [1.54, 1.807) is 12.3 Å². The van der Waals surface area contributed by atoms with Gasteiger partial charge >= 0.3 is 5.69 Å². The molecule has 18 heavy (non-hydrogen) atoms. The topological polar surface area (TPSA) is 85.5 Å². The molecular weight excluding hydrogens is 256 g/mol. The normalized spacial score (nSPS) is 10.3. The van der Waals surface area contributed by atoms with Crippen molar-refractivity contribution in [2.24, 2.45) is 0 Å². The summed E-state index contributed by atoms with van der Waals surface area (Å²) in [5, 5.41) is 22.4. The van der Waals surface area contributed by atoms with Crippen molar-refractivity contribution in [1.82, 2.24) is 4.98 Å². The van der Waals surface area contributed by atoms with Crippen molar-refractivity contribution in [3.8, 4) is 5.75 Å². The number of nitro benzene ring substituents is 1. The second kappa shape index (κ2) is 5.56. The van der Waals surface area contributed by atoms with Crippen molar-refractivity contribution < 1.29 is 14.8 Å². The molecule has 0 fully saturated rings. The fourth-order valence-corrected chi connectivity index (χ4v) is 1.92. The van der Waals surface area contributed by atoms with Gasteiger partial charge in [0, 0.05) is 17.6 Å². The van der Waals surface area contributed by atoms with Gasteiger partial charge in [0.15, 0.2) is 5.75 Å². The van der Waals surface area contributed by atoms with Crippen LogP contribution in [-0.2, 0) is 13.2 Å². The van der Waals surface area contributed by atoms with Crippen molar-refractivity contribution in [3.63, 3.8) is 0 Å². The largest absolute Gasteiger partial charge is 0.479 e. The lowest BCUT2D eigenvalue weighted by molar-refractivity contribution is -0.386. The van der Waals surface area contributed by atoms with Gasteiger partial charge in [-0.15, -0.1) is 11.3 Å². The molecule has 1 aromatic carbocycles. The summed E-state index contributed by atoms with van der Waals surface area (Å²) in [7, 11) is 0. The maximum atomic E-state index is 10.9. The van der Waals surface area contributed by atoms with E-state index >= 15 is 0 Å². The van der Waals surface area contributed by atoms with Crippen LogP contribution in [0.2, 0.25) is 0 Å². The number of aliphatic hydroxyl groups is 1. The molecule has 0 atom stereocenters. The monoisotopic (exact) mass is 266 g/mol. The Bertz CT molecular complexity index is 542. The van der Waals surface area contributed by atoms with Crippen LogP contribution in [0.3, 0.4) is 0 Å². The Labute approximate surface area is 107 Å². The van der Waals surface area contributed by atoms with Crippen LogP contribution in [0.15, 0.2) is 29.8 Å². The maximum Gasteiger partial charge on any atom is 0.311 e. The Morgan fingerprint density at radius 2 is 2.33 bits per heavy atom. The number of aliphatic hydroxyl groups excluding tert-OH is 1. The number of aromatic nitrogens is 1. The van der Waals surface area contributed by atoms with Gasteiger partial charge in [-0.25, -0.2) is 4.98 Å². The molecule has 2 rings (SSSR count). The van der Waals surface area contributed by atoms with Crippen molar-refractivity contribution in [3.05, 3.63) is 50.5 Å². The molecule has 1 N–H and O–H groups in total. The Kier molecular flexibility index (Phi) is 3.85. The molecule has 94 valence electrons. The number of nitrogens with zero attached hydrogens (tertiary/aromatic N) is 2. The molecule has 6 nitrogen and oxygen atoms in total. The first-order valence-corrected chi connectivity index (χ1v) is 5.98. The van der Waals surface area contributed by atoms with E-state index < -0.39 is 4.92 Å². The molecule has 0 aliphatic heterocycles. The van der Waals surface area contributed by atoms with Crippen LogP contribution in [0.4, 0.5) is 5.69 Å². The van der Waals surface area contributed by atoms with Crippen LogP contribution in [-0.4, -0.2) is 15.0 Å². The highest BCUT2D eigenvalue weighted by Crippen LogP contribution is 2.28. The lowest BCUT2D eigenvalue weighted by Gasteiger charge is -2.06. The van der Waals surface area contributed by atoms with Crippen molar-refractivity contribution >= 4 is 17.0 Å². The Hall–Kier alpha value is -1.99. The average Bonchev–Trinajstić information content (AvgIpc) is 2.89. The molecular formula is C11H10N2O4S. The summed E-state index contributed by atoms with van der Waals surface area (Å²) in [6.07, 6.45) is 1.65. The molecule has 7 heteroatoms. The SMILES string of the molecule is O=[N+]([O-])c1cc(CO)ccc1OCc1nccs1. The van der Waals surface area contributed by atoms with E-state index in [-0.39, 0.29) is 24.7 Å². The van der Waals surface area contributed by atoms with Crippen LogP contribution < -0.4 is 4.74 Å². The quantitative estimate of drug-likeness (QED) is 0.661. The van der Waals surface area contributed by atoms with Crippen molar-refractivity contribution in [2.45, 2.75) is 13.2 Å². The minimum Gasteiger partial charge on any atom is -0.479 e. The summed E-state index contributed by atoms with van der Waals surface area (Å²) in [5.41, 5.74) is 0.321. The van der Waals surface area contributed by atoms with E-state index in [2.05, 4.69) is 4.98 Å². The summed E-state index contributed by atoms with van der Waals surface area (Å²) < 4.78 is 5.37. The summed E-state index contributed by atoms with van der Waals surface area (Å²) in [5.74, 6) is 0.174. The van der Waals surface area contributed by atoms with E-state index in [9.17, 15) is 10.1 Å². The summed E-state index contributed by atoms with van der Waals surface area (Å²) in [6, 6.07) is 4.37. The number of ether oxygens (including phenoxy) is 1. The van der Waals surface area contributed by atoms with Gasteiger partial charge in [-0.05, 0) is 11.6 Å². The molecule has 0 aliphatic rings. The Balaban J connectivity index is 2.18. The predicted octanol–water partition coefficient (Wildman–Crippen LogP) is 2.12. The van der Waals surface area contributed by atoms with Crippen molar-refractivity contribution in [2.75, 3.05) is 0 Å². The van der Waals surface area contributed by atoms with Gasteiger partial charge in [0.25, 0.3) is 0 Å². The van der Waals surface area contributed by atoms with Gasteiger partial charge in [0.05, 0.1) is 11.5 Å². The molecule has 0 unspecified atom stereocenters. The number of nitro groups is 1. The molecule has 0 saturated carbocycles. The number of rotatable bonds is 5. The van der Waals surface area contributed by atoms with Crippen LogP contribution in [0.5, 0.6) is 5.75 Å². The van der Waals surface area contributed by atoms with E-state index in [0.29, 0.717) is 5.56 Å². The Morgan fingerprint density at radius 1 is 1.50 bits per heavy atom. The zero-order valence-corrected chi connectivity index (χ0v) is 10.1. The summed E-state index contributed by atoms with van der Waals surface area (Å²) in [4.78, 5) is 14.4. The third kappa shape index (κ3) is 2.82. The zero-order valence-electron chi connectivity index (χ0n) is 9.28. The predicted molar refractivity (Wildman–Crippen MR) is 65.5 cm³/mol. The first-order valence-electron chi connectivity index (χ1n) is 5.10. The molecule has 2 aromatic rings. The lowest BCUT2D eigenvalue weighted by atomic mass is 10.2. The average molecular weight is 266 g/mol. The molecule has 0 saturated heterocycles. The van der Waals surface area contributed by atoms with Gasteiger partial charge in [0.1, 0.15) is 11.6 Å². The minimum absolute atomic E-state index is 0.155. The van der Waals surface area contributed by atoms with Crippen LogP contribution in [0.25, 0.3) is 0 Å². The Morgan fingerprint density at radius 3 is 2.94 bits per heavy atom. The maximum absolute atomic E-state index is 10.9. The first-order chi connectivity index (χ1) is 8.70. The lowest BCUT2D eigenvalue weighted by Crippen LogP contribution is -1.99. The highest BCUT2D eigenvalue weighted by molar-refractivity contribution is 7.09. The zero-order chi connectivity index (χ0) is 13.0. The third-order valence-corrected chi connectivity index (χ3v) is 2.99. The molecule has 0 amide bonds. The third-order valence-electron chi connectivity index (χ3n) is 2.24. The highest BCUT2D eigenvalue weighted by Gasteiger charge is 2.16. The molecule has 0 bridgehead atoms. The molecule has 0 radical (unpaired) electrons. The second-order valence-corrected chi connectivity index (χ2v) is 4.41. The van der Waals surface area contributed by atoms with Gasteiger partial charge in [-0.3, -0.25) is 10.1 Å². The number of hydrogen-bond acceptors (Lipinski definition) is 6. The smallest absolute Gasteiger partial charge is 0.311 e. The van der Waals surface area contributed by atoms with E-state index in [1.807, 2.05) is 5.38 Å². The first kappa shape index (κ1) is 12.5. The van der Waals surface area contributed by atoms with Gasteiger partial charge in [-0.1, -0.05) is 6.07 Å². The molecule has 0 aliphatic carbocycles. The highest BCUT2D eigenvalue weighted by atomic mass is 32.1. The van der Waals surface area contributed by atoms with Crippen LogP contribution in [0.1, 0.15) is 10.6 Å².